The molecule has 2 aromatic carbocycles. The second kappa shape index (κ2) is 13.8. The number of carbonyl (C=O) groups is 2. The van der Waals surface area contributed by atoms with Gasteiger partial charge in [-0.25, -0.2) is 9.97 Å². The van der Waals surface area contributed by atoms with E-state index < -0.39 is 0 Å². The van der Waals surface area contributed by atoms with Crippen molar-refractivity contribution in [2.24, 2.45) is 0 Å². The Morgan fingerprint density at radius 2 is 0.978 bits per heavy atom. The first-order valence-electron chi connectivity index (χ1n) is 15.1. The molecule has 10 heteroatoms. The van der Waals surface area contributed by atoms with Crippen LogP contribution in [0.3, 0.4) is 0 Å². The summed E-state index contributed by atoms with van der Waals surface area (Å²) in [6.07, 6.45) is 7.66. The maximum Gasteiger partial charge on any atom is 0.224 e. The van der Waals surface area contributed by atoms with Crippen molar-refractivity contribution in [2.45, 2.75) is 38.8 Å². The van der Waals surface area contributed by atoms with Gasteiger partial charge in [-0.3, -0.25) is 19.6 Å². The first kappa shape index (κ1) is 30.1. The van der Waals surface area contributed by atoms with Crippen LogP contribution in [0.1, 0.15) is 48.7 Å². The SMILES string of the molecule is CC(NC(=O)Cc1ccccc1)c1ncc(-c2ccc(-c3ccc(-c4cnc([C@H](C)NC(=O)Cc5ccccc5)[nH]4)cn3)nc2)[nH]1. The molecule has 4 N–H and O–H groups in total. The number of H-pyrrole nitrogens is 2. The number of benzene rings is 2. The second-order valence-corrected chi connectivity index (χ2v) is 11.1. The smallest absolute Gasteiger partial charge is 0.224 e. The summed E-state index contributed by atoms with van der Waals surface area (Å²) in [5.74, 6) is 1.21. The monoisotopic (exact) mass is 610 g/mol. The summed E-state index contributed by atoms with van der Waals surface area (Å²) >= 11 is 0. The Morgan fingerprint density at radius 3 is 1.35 bits per heavy atom. The number of carbonyl (C=O) groups excluding carboxylic acids is 2. The molecule has 0 saturated heterocycles. The van der Waals surface area contributed by atoms with E-state index in [1.54, 1.807) is 24.8 Å². The molecule has 6 rings (SSSR count). The van der Waals surface area contributed by atoms with Crippen LogP contribution in [0.15, 0.2) is 110 Å². The number of hydrogen-bond donors (Lipinski definition) is 4. The van der Waals surface area contributed by atoms with Crippen LogP contribution in [0.25, 0.3) is 33.9 Å². The first-order chi connectivity index (χ1) is 22.4. The number of nitrogens with zero attached hydrogens (tertiary/aromatic N) is 4. The lowest BCUT2D eigenvalue weighted by molar-refractivity contribution is -0.122. The summed E-state index contributed by atoms with van der Waals surface area (Å²) in [4.78, 5) is 49.7. The number of pyridine rings is 2. The number of nitrogens with one attached hydrogen (secondary N) is 4. The molecule has 6 aromatic rings. The maximum atomic E-state index is 12.5. The van der Waals surface area contributed by atoms with E-state index in [0.717, 1.165) is 45.0 Å². The fraction of sp³-hybridized carbons (Fsp3) is 0.167. The lowest BCUT2D eigenvalue weighted by Crippen LogP contribution is -2.28. The Balaban J connectivity index is 1.04. The van der Waals surface area contributed by atoms with Gasteiger partial charge < -0.3 is 20.6 Å². The summed E-state index contributed by atoms with van der Waals surface area (Å²) in [6, 6.07) is 26.5. The summed E-state index contributed by atoms with van der Waals surface area (Å²) < 4.78 is 0. The van der Waals surface area contributed by atoms with E-state index in [1.165, 1.54) is 0 Å². The topological polar surface area (TPSA) is 141 Å². The number of aromatic nitrogens is 6. The van der Waals surface area contributed by atoms with Gasteiger partial charge in [0.1, 0.15) is 11.6 Å². The summed E-state index contributed by atoms with van der Waals surface area (Å²) in [6.45, 7) is 3.80. The van der Waals surface area contributed by atoms with E-state index in [1.807, 2.05) is 98.8 Å². The highest BCUT2D eigenvalue weighted by molar-refractivity contribution is 5.79. The minimum Gasteiger partial charge on any atom is -0.346 e. The van der Waals surface area contributed by atoms with Crippen molar-refractivity contribution in [1.29, 1.82) is 0 Å². The molecule has 4 heterocycles. The molecular formula is C36H34N8O2. The zero-order valence-corrected chi connectivity index (χ0v) is 25.6. The molecule has 0 fully saturated rings. The molecule has 46 heavy (non-hydrogen) atoms. The number of amides is 2. The van der Waals surface area contributed by atoms with Crippen LogP contribution in [0, 0.1) is 0 Å². The fourth-order valence-corrected chi connectivity index (χ4v) is 5.10. The predicted molar refractivity (Wildman–Crippen MR) is 176 cm³/mol. The number of aromatic amines is 2. The molecule has 4 aromatic heterocycles. The van der Waals surface area contributed by atoms with Crippen LogP contribution >= 0.6 is 0 Å². The average Bonchev–Trinajstić information content (AvgIpc) is 3.77. The third-order valence-corrected chi connectivity index (χ3v) is 7.59. The minimum atomic E-state index is -0.271. The van der Waals surface area contributed by atoms with Crippen molar-refractivity contribution < 1.29 is 9.59 Å². The summed E-state index contributed by atoms with van der Waals surface area (Å²) in [5, 5.41) is 6.00. The molecule has 0 radical (unpaired) electrons. The molecular weight excluding hydrogens is 576 g/mol. The summed E-state index contributed by atoms with van der Waals surface area (Å²) in [7, 11) is 0. The van der Waals surface area contributed by atoms with Gasteiger partial charge in [-0.2, -0.15) is 0 Å². The highest BCUT2D eigenvalue weighted by Gasteiger charge is 2.16. The standard InChI is InChI=1S/C36H34N8O2/c1-23(41-33(45)17-25-9-5-3-6-10-25)35-39-21-31(43-35)27-13-15-29(37-19-27)30-16-14-28(20-38-30)32-22-40-36(44-32)24(2)42-34(46)18-26-11-7-4-8-12-26/h3-16,19-24H,17-18H2,1-2H3,(H,39,43)(H,40,44)(H,41,45)(H,42,46)/t23-,24?/m0/s1. The maximum absolute atomic E-state index is 12.5. The molecule has 0 aliphatic carbocycles. The Morgan fingerprint density at radius 1 is 0.565 bits per heavy atom. The minimum absolute atomic E-state index is 0.0632. The third kappa shape index (κ3) is 7.41. The molecule has 1 unspecified atom stereocenters. The lowest BCUT2D eigenvalue weighted by atomic mass is 10.1. The summed E-state index contributed by atoms with van der Waals surface area (Å²) in [5.41, 5.74) is 6.75. The van der Waals surface area contributed by atoms with Crippen molar-refractivity contribution >= 4 is 11.8 Å². The highest BCUT2D eigenvalue weighted by Crippen LogP contribution is 2.24. The van der Waals surface area contributed by atoms with Gasteiger partial charge in [0.15, 0.2) is 0 Å². The van der Waals surface area contributed by atoms with E-state index in [0.29, 0.717) is 24.5 Å². The Labute approximate surface area is 266 Å². The zero-order chi connectivity index (χ0) is 31.9. The van der Waals surface area contributed by atoms with Crippen molar-refractivity contribution in [1.82, 2.24) is 40.5 Å². The van der Waals surface area contributed by atoms with Crippen molar-refractivity contribution in [2.75, 3.05) is 0 Å². The number of hydrogen-bond acceptors (Lipinski definition) is 6. The van der Waals surface area contributed by atoms with Crippen LogP contribution in [0.5, 0.6) is 0 Å². The molecule has 10 nitrogen and oxygen atoms in total. The van der Waals surface area contributed by atoms with Gasteiger partial charge in [-0.15, -0.1) is 0 Å². The number of rotatable bonds is 11. The largest absolute Gasteiger partial charge is 0.346 e. The van der Waals surface area contributed by atoms with Crippen LogP contribution < -0.4 is 10.6 Å². The fourth-order valence-electron chi connectivity index (χ4n) is 5.10. The van der Waals surface area contributed by atoms with E-state index in [-0.39, 0.29) is 23.9 Å². The molecule has 0 spiro atoms. The van der Waals surface area contributed by atoms with Gasteiger partial charge in [0.2, 0.25) is 11.8 Å². The third-order valence-electron chi connectivity index (χ3n) is 7.59. The highest BCUT2D eigenvalue weighted by atomic mass is 16.2. The predicted octanol–water partition coefficient (Wildman–Crippen LogP) is 5.76. The molecule has 0 aliphatic rings. The second-order valence-electron chi connectivity index (χ2n) is 11.1. The van der Waals surface area contributed by atoms with Gasteiger partial charge in [0, 0.05) is 23.5 Å². The van der Waals surface area contributed by atoms with Crippen molar-refractivity contribution in [3.8, 4) is 33.9 Å². The van der Waals surface area contributed by atoms with Gasteiger partial charge in [-0.05, 0) is 49.2 Å². The molecule has 230 valence electrons. The van der Waals surface area contributed by atoms with E-state index >= 15 is 0 Å². The number of imidazole rings is 2. The Kier molecular flexibility index (Phi) is 9.05. The van der Waals surface area contributed by atoms with Gasteiger partial charge in [-0.1, -0.05) is 60.7 Å². The zero-order valence-electron chi connectivity index (χ0n) is 25.6. The van der Waals surface area contributed by atoms with E-state index in [4.69, 9.17) is 0 Å². The van der Waals surface area contributed by atoms with Crippen LogP contribution in [0.4, 0.5) is 0 Å². The van der Waals surface area contributed by atoms with E-state index in [9.17, 15) is 9.59 Å². The Bertz CT molecular complexity index is 1760. The molecule has 0 bridgehead atoms. The van der Waals surface area contributed by atoms with E-state index in [2.05, 4.69) is 40.5 Å². The Hall–Kier alpha value is -5.90. The van der Waals surface area contributed by atoms with Crippen LogP contribution in [-0.4, -0.2) is 41.7 Å². The van der Waals surface area contributed by atoms with Gasteiger partial charge in [0.05, 0.1) is 60.1 Å². The molecule has 2 amide bonds. The van der Waals surface area contributed by atoms with Crippen LogP contribution in [-0.2, 0) is 22.4 Å². The van der Waals surface area contributed by atoms with Gasteiger partial charge >= 0.3 is 0 Å². The average molecular weight is 611 g/mol. The van der Waals surface area contributed by atoms with Crippen LogP contribution in [0.2, 0.25) is 0 Å². The molecule has 0 aliphatic heterocycles. The van der Waals surface area contributed by atoms with Gasteiger partial charge in [0.25, 0.3) is 0 Å². The van der Waals surface area contributed by atoms with Crippen molar-refractivity contribution in [3.05, 3.63) is 132 Å². The molecule has 0 saturated carbocycles. The first-order valence-corrected chi connectivity index (χ1v) is 15.1. The lowest BCUT2D eigenvalue weighted by Gasteiger charge is -2.11. The molecule has 2 atom stereocenters. The normalized spacial score (nSPS) is 12.3. The van der Waals surface area contributed by atoms with Crippen molar-refractivity contribution in [3.63, 3.8) is 0 Å². The quantitative estimate of drug-likeness (QED) is 0.147.